The Labute approximate surface area is 129 Å². The average molecular weight is 301 g/mol. The Morgan fingerprint density at radius 1 is 1.48 bits per heavy atom. The number of aromatic amines is 1. The highest BCUT2D eigenvalue weighted by molar-refractivity contribution is 6.22. The summed E-state index contributed by atoms with van der Waals surface area (Å²) in [6.07, 6.45) is 8.71. The van der Waals surface area contributed by atoms with Crippen molar-refractivity contribution >= 4 is 17.4 Å². The van der Waals surface area contributed by atoms with Crippen LogP contribution in [0.15, 0.2) is 41.4 Å². The Bertz CT molecular complexity index is 687. The van der Waals surface area contributed by atoms with Crippen molar-refractivity contribution in [1.29, 1.82) is 0 Å². The van der Waals surface area contributed by atoms with E-state index >= 15 is 0 Å². The molecule has 0 aromatic carbocycles. The Kier molecular flexibility index (Phi) is 3.60. The maximum Gasteiger partial charge on any atom is 0.196 e. The standard InChI is InChI=1S/C16H17ClN4/c1-9(2)14-15(18-3)13(10-6-4-5-7-12(10)17)11-8-19-21-16(11)20-14/h4-6,8-9,12-13H,7H2,1-2H3,(H2,19,20,21). The summed E-state index contributed by atoms with van der Waals surface area (Å²) in [5.74, 6) is 0.999. The summed E-state index contributed by atoms with van der Waals surface area (Å²) in [5, 5.41) is 10.4. The minimum atomic E-state index is -0.109. The summed E-state index contributed by atoms with van der Waals surface area (Å²) < 4.78 is 0. The Morgan fingerprint density at radius 2 is 2.29 bits per heavy atom. The van der Waals surface area contributed by atoms with Gasteiger partial charge in [-0.25, -0.2) is 4.85 Å². The van der Waals surface area contributed by atoms with E-state index in [2.05, 4.69) is 40.3 Å². The molecule has 3 rings (SSSR count). The molecule has 4 nitrogen and oxygen atoms in total. The number of allylic oxidation sites excluding steroid dienone is 5. The van der Waals surface area contributed by atoms with Crippen molar-refractivity contribution in [2.75, 3.05) is 5.32 Å². The minimum absolute atomic E-state index is 0.0778. The molecule has 0 amide bonds. The number of H-pyrrole nitrogens is 1. The first-order valence-electron chi connectivity index (χ1n) is 7.06. The molecule has 0 saturated heterocycles. The third kappa shape index (κ3) is 2.28. The van der Waals surface area contributed by atoms with Gasteiger partial charge in [-0.15, -0.1) is 11.6 Å². The fourth-order valence-electron chi connectivity index (χ4n) is 2.91. The molecule has 1 aliphatic carbocycles. The predicted octanol–water partition coefficient (Wildman–Crippen LogP) is 4.20. The van der Waals surface area contributed by atoms with Crippen molar-refractivity contribution < 1.29 is 0 Å². The van der Waals surface area contributed by atoms with Gasteiger partial charge in [-0.1, -0.05) is 32.1 Å². The SMILES string of the molecule is [C-]#[N+]C1=C(C(C)C)Nc2[nH]ncc2C1C1=CC=CCC1Cl. The third-order valence-electron chi connectivity index (χ3n) is 3.95. The van der Waals surface area contributed by atoms with Gasteiger partial charge in [-0.2, -0.15) is 5.10 Å². The van der Waals surface area contributed by atoms with Crippen LogP contribution in [-0.2, 0) is 0 Å². The highest BCUT2D eigenvalue weighted by atomic mass is 35.5. The summed E-state index contributed by atoms with van der Waals surface area (Å²) in [6.45, 7) is 11.8. The smallest absolute Gasteiger partial charge is 0.196 e. The number of hydrogen-bond donors (Lipinski definition) is 2. The van der Waals surface area contributed by atoms with Gasteiger partial charge in [0, 0.05) is 17.2 Å². The van der Waals surface area contributed by atoms with Gasteiger partial charge >= 0.3 is 0 Å². The molecule has 108 valence electrons. The summed E-state index contributed by atoms with van der Waals surface area (Å²) in [7, 11) is 0. The van der Waals surface area contributed by atoms with Gasteiger partial charge in [0.2, 0.25) is 0 Å². The molecular weight excluding hydrogens is 284 g/mol. The van der Waals surface area contributed by atoms with E-state index in [9.17, 15) is 0 Å². The summed E-state index contributed by atoms with van der Waals surface area (Å²) in [6, 6.07) is 0. The normalized spacial score (nSPS) is 24.4. The topological polar surface area (TPSA) is 45.1 Å². The lowest BCUT2D eigenvalue weighted by Gasteiger charge is -2.31. The molecule has 0 spiro atoms. The Balaban J connectivity index is 2.18. The molecular formula is C16H17ClN4. The summed E-state index contributed by atoms with van der Waals surface area (Å²) in [5.41, 5.74) is 3.75. The predicted molar refractivity (Wildman–Crippen MR) is 84.9 cm³/mol. The Morgan fingerprint density at radius 3 is 2.95 bits per heavy atom. The fraction of sp³-hybridized carbons (Fsp3) is 0.375. The number of hydrogen-bond acceptors (Lipinski definition) is 2. The molecule has 0 fully saturated rings. The highest BCUT2D eigenvalue weighted by Gasteiger charge is 2.35. The molecule has 1 aromatic rings. The molecule has 1 aromatic heterocycles. The highest BCUT2D eigenvalue weighted by Crippen LogP contribution is 2.45. The first-order valence-corrected chi connectivity index (χ1v) is 7.49. The van der Waals surface area contributed by atoms with Crippen molar-refractivity contribution in [1.82, 2.24) is 10.2 Å². The van der Waals surface area contributed by atoms with Gasteiger partial charge in [0.1, 0.15) is 5.82 Å². The third-order valence-corrected chi connectivity index (χ3v) is 4.38. The number of anilines is 1. The zero-order chi connectivity index (χ0) is 15.0. The second-order valence-electron chi connectivity index (χ2n) is 5.62. The van der Waals surface area contributed by atoms with E-state index < -0.39 is 0 Å². The number of halogens is 1. The summed E-state index contributed by atoms with van der Waals surface area (Å²) in [4.78, 5) is 3.82. The maximum atomic E-state index is 7.64. The average Bonchev–Trinajstić information content (AvgIpc) is 2.94. The quantitative estimate of drug-likeness (QED) is 0.635. The summed E-state index contributed by atoms with van der Waals surface area (Å²) >= 11 is 6.50. The first kappa shape index (κ1) is 14.0. The monoisotopic (exact) mass is 300 g/mol. The van der Waals surface area contributed by atoms with Crippen LogP contribution in [0.4, 0.5) is 5.82 Å². The van der Waals surface area contributed by atoms with Crippen molar-refractivity contribution in [2.24, 2.45) is 5.92 Å². The van der Waals surface area contributed by atoms with Gasteiger partial charge in [0.15, 0.2) is 5.70 Å². The zero-order valence-corrected chi connectivity index (χ0v) is 12.8. The molecule has 0 bridgehead atoms. The van der Waals surface area contributed by atoms with Crippen molar-refractivity contribution in [3.63, 3.8) is 0 Å². The maximum absolute atomic E-state index is 7.64. The van der Waals surface area contributed by atoms with Crippen LogP contribution in [0.2, 0.25) is 0 Å². The molecule has 21 heavy (non-hydrogen) atoms. The number of aromatic nitrogens is 2. The first-order chi connectivity index (χ1) is 10.1. The molecule has 2 unspecified atom stereocenters. The molecule has 2 atom stereocenters. The van der Waals surface area contributed by atoms with E-state index in [0.717, 1.165) is 34.8 Å². The van der Waals surface area contributed by atoms with Crippen LogP contribution in [0, 0.1) is 12.5 Å². The molecule has 1 aliphatic heterocycles. The van der Waals surface area contributed by atoms with Gasteiger partial charge < -0.3 is 5.32 Å². The molecule has 0 saturated carbocycles. The fourth-order valence-corrected chi connectivity index (χ4v) is 3.21. The van der Waals surface area contributed by atoms with E-state index in [1.54, 1.807) is 6.20 Å². The lowest BCUT2D eigenvalue weighted by atomic mass is 9.81. The zero-order valence-electron chi connectivity index (χ0n) is 12.0. The van der Waals surface area contributed by atoms with Crippen LogP contribution in [-0.4, -0.2) is 15.6 Å². The lowest BCUT2D eigenvalue weighted by molar-refractivity contribution is 0.725. The van der Waals surface area contributed by atoms with Crippen LogP contribution in [0.3, 0.4) is 0 Å². The number of nitrogens with one attached hydrogen (secondary N) is 2. The van der Waals surface area contributed by atoms with Gasteiger partial charge in [-0.3, -0.25) is 5.10 Å². The van der Waals surface area contributed by atoms with E-state index in [0.29, 0.717) is 0 Å². The van der Waals surface area contributed by atoms with E-state index in [4.69, 9.17) is 18.2 Å². The molecule has 2 heterocycles. The second kappa shape index (κ2) is 5.42. The van der Waals surface area contributed by atoms with E-state index in [1.165, 1.54) is 0 Å². The number of fused-ring (bicyclic) bond motifs is 1. The van der Waals surface area contributed by atoms with Crippen LogP contribution < -0.4 is 5.32 Å². The van der Waals surface area contributed by atoms with E-state index in [-0.39, 0.29) is 17.2 Å². The van der Waals surface area contributed by atoms with E-state index in [1.807, 2.05) is 12.2 Å². The Hall–Kier alpha value is -1.99. The minimum Gasteiger partial charge on any atom is -0.354 e. The van der Waals surface area contributed by atoms with Crippen LogP contribution >= 0.6 is 11.6 Å². The van der Waals surface area contributed by atoms with Crippen LogP contribution in [0.25, 0.3) is 4.85 Å². The molecule has 5 heteroatoms. The number of rotatable bonds is 2. The van der Waals surface area contributed by atoms with Gasteiger partial charge in [0.05, 0.1) is 18.1 Å². The second-order valence-corrected chi connectivity index (χ2v) is 6.15. The van der Waals surface area contributed by atoms with Crippen LogP contribution in [0.5, 0.6) is 0 Å². The largest absolute Gasteiger partial charge is 0.354 e. The molecule has 0 radical (unpaired) electrons. The molecule has 2 N–H and O–H groups in total. The lowest BCUT2D eigenvalue weighted by Crippen LogP contribution is -2.23. The van der Waals surface area contributed by atoms with Gasteiger partial charge in [0.25, 0.3) is 0 Å². The number of alkyl halides is 1. The molecule has 2 aliphatic rings. The van der Waals surface area contributed by atoms with Crippen molar-refractivity contribution in [3.8, 4) is 0 Å². The number of nitrogens with zero attached hydrogens (tertiary/aromatic N) is 2. The van der Waals surface area contributed by atoms with Gasteiger partial charge in [-0.05, 0) is 17.9 Å². The van der Waals surface area contributed by atoms with Crippen molar-refractivity contribution in [2.45, 2.75) is 31.6 Å². The van der Waals surface area contributed by atoms with Crippen molar-refractivity contribution in [3.05, 3.63) is 58.4 Å². The van der Waals surface area contributed by atoms with Crippen LogP contribution in [0.1, 0.15) is 31.7 Å².